The van der Waals surface area contributed by atoms with Crippen LogP contribution in [0.3, 0.4) is 0 Å². The fourth-order valence-electron chi connectivity index (χ4n) is 2.10. The monoisotopic (exact) mass is 253 g/mol. The minimum atomic E-state index is -0.290. The lowest BCUT2D eigenvalue weighted by Crippen LogP contribution is -2.37. The Hall–Kier alpha value is -1.13. The van der Waals surface area contributed by atoms with Gasteiger partial charge in [-0.15, -0.1) is 0 Å². The molecule has 92 valence electrons. The summed E-state index contributed by atoms with van der Waals surface area (Å²) in [6, 6.07) is 3.43. The smallest absolute Gasteiger partial charge is 0.233 e. The molecule has 0 aliphatic carbocycles. The Kier molecular flexibility index (Phi) is 3.64. The molecule has 17 heavy (non-hydrogen) atoms. The average Bonchev–Trinajstić information content (AvgIpc) is 2.82. The Morgan fingerprint density at radius 3 is 3.00 bits per heavy atom. The highest BCUT2D eigenvalue weighted by Crippen LogP contribution is 2.30. The van der Waals surface area contributed by atoms with Gasteiger partial charge in [-0.25, -0.2) is 4.98 Å². The quantitative estimate of drug-likeness (QED) is 0.867. The second-order valence-corrected chi connectivity index (χ2v) is 4.81. The van der Waals surface area contributed by atoms with E-state index >= 15 is 0 Å². The van der Waals surface area contributed by atoms with Gasteiger partial charge in [-0.1, -0.05) is 18.5 Å². The van der Waals surface area contributed by atoms with Crippen LogP contribution in [0.1, 0.15) is 19.8 Å². The highest BCUT2D eigenvalue weighted by molar-refractivity contribution is 6.30. The van der Waals surface area contributed by atoms with Crippen LogP contribution in [0.15, 0.2) is 18.3 Å². The van der Waals surface area contributed by atoms with E-state index < -0.39 is 0 Å². The molecule has 0 bridgehead atoms. The third kappa shape index (κ3) is 2.58. The van der Waals surface area contributed by atoms with Crippen molar-refractivity contribution in [1.29, 1.82) is 0 Å². The van der Waals surface area contributed by atoms with Crippen LogP contribution in [0, 0.1) is 5.41 Å². The van der Waals surface area contributed by atoms with E-state index in [-0.39, 0.29) is 11.3 Å². The molecule has 0 spiro atoms. The van der Waals surface area contributed by atoms with E-state index in [2.05, 4.69) is 15.6 Å². The first kappa shape index (κ1) is 12.3. The van der Waals surface area contributed by atoms with Gasteiger partial charge in [-0.2, -0.15) is 0 Å². The molecule has 1 unspecified atom stereocenters. The first-order valence-corrected chi connectivity index (χ1v) is 6.18. The number of carbonyl (C=O) groups is 1. The zero-order valence-electron chi connectivity index (χ0n) is 9.79. The molecule has 5 heteroatoms. The maximum Gasteiger partial charge on any atom is 0.233 e. The van der Waals surface area contributed by atoms with E-state index in [0.717, 1.165) is 25.9 Å². The zero-order chi connectivity index (χ0) is 12.3. The molecule has 1 aromatic rings. The molecule has 1 atom stereocenters. The number of nitrogens with zero attached hydrogens (tertiary/aromatic N) is 1. The third-order valence-electron chi connectivity index (χ3n) is 3.37. The molecule has 2 heterocycles. The number of anilines is 1. The second-order valence-electron chi connectivity index (χ2n) is 4.38. The van der Waals surface area contributed by atoms with Crippen molar-refractivity contribution < 1.29 is 4.79 Å². The van der Waals surface area contributed by atoms with Crippen LogP contribution < -0.4 is 10.6 Å². The predicted octanol–water partition coefficient (Wildman–Crippen LogP) is 2.06. The fourth-order valence-corrected chi connectivity index (χ4v) is 2.21. The van der Waals surface area contributed by atoms with Gasteiger partial charge in [0.1, 0.15) is 5.82 Å². The lowest BCUT2D eigenvalue weighted by Gasteiger charge is -2.24. The summed E-state index contributed by atoms with van der Waals surface area (Å²) in [4.78, 5) is 16.3. The molecule has 1 aliphatic heterocycles. The van der Waals surface area contributed by atoms with Crippen LogP contribution in [-0.2, 0) is 4.79 Å². The van der Waals surface area contributed by atoms with Crippen molar-refractivity contribution in [1.82, 2.24) is 10.3 Å². The van der Waals surface area contributed by atoms with Crippen molar-refractivity contribution in [2.75, 3.05) is 18.4 Å². The molecular formula is C12H16ClN3O. The lowest BCUT2D eigenvalue weighted by atomic mass is 9.83. The predicted molar refractivity (Wildman–Crippen MR) is 68.1 cm³/mol. The summed E-state index contributed by atoms with van der Waals surface area (Å²) >= 11 is 5.74. The number of rotatable bonds is 3. The zero-order valence-corrected chi connectivity index (χ0v) is 10.5. The van der Waals surface area contributed by atoms with Crippen LogP contribution in [0.2, 0.25) is 5.02 Å². The number of amides is 1. The SMILES string of the molecule is CCC1(C(=O)Nc2ccc(Cl)cn2)CCNC1. The topological polar surface area (TPSA) is 54.0 Å². The maximum absolute atomic E-state index is 12.2. The Morgan fingerprint density at radius 1 is 1.65 bits per heavy atom. The summed E-state index contributed by atoms with van der Waals surface area (Å²) in [5, 5.41) is 6.66. The van der Waals surface area contributed by atoms with E-state index in [1.165, 1.54) is 6.20 Å². The molecule has 1 saturated heterocycles. The van der Waals surface area contributed by atoms with Gasteiger partial charge in [0.15, 0.2) is 0 Å². The van der Waals surface area contributed by atoms with Gasteiger partial charge < -0.3 is 10.6 Å². The van der Waals surface area contributed by atoms with Gasteiger partial charge in [0, 0.05) is 12.7 Å². The largest absolute Gasteiger partial charge is 0.316 e. The number of aromatic nitrogens is 1. The normalized spacial score (nSPS) is 23.6. The molecular weight excluding hydrogens is 238 g/mol. The molecule has 1 amide bonds. The van der Waals surface area contributed by atoms with E-state index in [1.807, 2.05) is 6.92 Å². The summed E-state index contributed by atoms with van der Waals surface area (Å²) in [5.41, 5.74) is -0.290. The Balaban J connectivity index is 2.08. The van der Waals surface area contributed by atoms with Crippen molar-refractivity contribution in [2.24, 2.45) is 5.41 Å². The van der Waals surface area contributed by atoms with E-state index in [1.54, 1.807) is 12.1 Å². The molecule has 0 radical (unpaired) electrons. The van der Waals surface area contributed by atoms with E-state index in [9.17, 15) is 4.79 Å². The summed E-state index contributed by atoms with van der Waals surface area (Å²) in [5.74, 6) is 0.596. The maximum atomic E-state index is 12.2. The van der Waals surface area contributed by atoms with E-state index in [0.29, 0.717) is 10.8 Å². The number of halogens is 1. The minimum absolute atomic E-state index is 0.0415. The Labute approximate surface area is 106 Å². The number of carbonyl (C=O) groups excluding carboxylic acids is 1. The molecule has 0 aromatic carbocycles. The van der Waals surface area contributed by atoms with Gasteiger partial charge >= 0.3 is 0 Å². The summed E-state index contributed by atoms with van der Waals surface area (Å²) < 4.78 is 0. The highest BCUT2D eigenvalue weighted by atomic mass is 35.5. The molecule has 2 rings (SSSR count). The van der Waals surface area contributed by atoms with Crippen LogP contribution in [0.25, 0.3) is 0 Å². The molecule has 4 nitrogen and oxygen atoms in total. The number of hydrogen-bond donors (Lipinski definition) is 2. The van der Waals surface area contributed by atoms with Gasteiger partial charge in [0.25, 0.3) is 0 Å². The van der Waals surface area contributed by atoms with Crippen molar-refractivity contribution >= 4 is 23.3 Å². The van der Waals surface area contributed by atoms with Crippen molar-refractivity contribution in [2.45, 2.75) is 19.8 Å². The molecule has 1 fully saturated rings. The fraction of sp³-hybridized carbons (Fsp3) is 0.500. The molecule has 0 saturated carbocycles. The highest BCUT2D eigenvalue weighted by Gasteiger charge is 2.39. The van der Waals surface area contributed by atoms with Crippen molar-refractivity contribution in [3.63, 3.8) is 0 Å². The Morgan fingerprint density at radius 2 is 2.47 bits per heavy atom. The van der Waals surface area contributed by atoms with E-state index in [4.69, 9.17) is 11.6 Å². The van der Waals surface area contributed by atoms with Crippen LogP contribution in [0.4, 0.5) is 5.82 Å². The van der Waals surface area contributed by atoms with Crippen molar-refractivity contribution in [3.05, 3.63) is 23.4 Å². The Bertz CT molecular complexity index is 399. The van der Waals surface area contributed by atoms with Crippen LogP contribution in [-0.4, -0.2) is 24.0 Å². The van der Waals surface area contributed by atoms with Crippen LogP contribution in [0.5, 0.6) is 0 Å². The molecule has 2 N–H and O–H groups in total. The third-order valence-corrected chi connectivity index (χ3v) is 3.59. The summed E-state index contributed by atoms with van der Waals surface area (Å²) in [6.45, 7) is 3.68. The van der Waals surface area contributed by atoms with Gasteiger partial charge in [-0.05, 0) is 31.5 Å². The summed E-state index contributed by atoms with van der Waals surface area (Å²) in [6.07, 6.45) is 3.24. The molecule has 1 aromatic heterocycles. The lowest BCUT2D eigenvalue weighted by molar-refractivity contribution is -0.124. The van der Waals surface area contributed by atoms with Gasteiger partial charge in [-0.3, -0.25) is 4.79 Å². The molecule has 1 aliphatic rings. The van der Waals surface area contributed by atoms with Crippen LogP contribution >= 0.6 is 11.6 Å². The first-order valence-electron chi connectivity index (χ1n) is 5.80. The average molecular weight is 254 g/mol. The number of nitrogens with one attached hydrogen (secondary N) is 2. The number of pyridine rings is 1. The van der Waals surface area contributed by atoms with Gasteiger partial charge in [0.05, 0.1) is 10.4 Å². The number of hydrogen-bond acceptors (Lipinski definition) is 3. The van der Waals surface area contributed by atoms with Gasteiger partial charge in [0.2, 0.25) is 5.91 Å². The second kappa shape index (κ2) is 5.02. The first-order chi connectivity index (χ1) is 8.16. The summed E-state index contributed by atoms with van der Waals surface area (Å²) in [7, 11) is 0. The standard InChI is InChI=1S/C12H16ClN3O/c1-2-12(5-6-14-8-12)11(17)16-10-4-3-9(13)7-15-10/h3-4,7,14H,2,5-6,8H2,1H3,(H,15,16,17). The van der Waals surface area contributed by atoms with Crippen molar-refractivity contribution in [3.8, 4) is 0 Å². The minimum Gasteiger partial charge on any atom is -0.316 e.